The molecule has 0 spiro atoms. The summed E-state index contributed by atoms with van der Waals surface area (Å²) in [5, 5.41) is 0. The van der Waals surface area contributed by atoms with Crippen molar-refractivity contribution in [1.29, 1.82) is 0 Å². The van der Waals surface area contributed by atoms with Crippen LogP contribution in [0.2, 0.25) is 0 Å². The molecule has 0 bridgehead atoms. The summed E-state index contributed by atoms with van der Waals surface area (Å²) < 4.78 is 0. The molecule has 0 heterocycles. The fraction of sp³-hybridized carbons (Fsp3) is 0. The van der Waals surface area contributed by atoms with E-state index < -0.39 is 0 Å². The SMILES string of the molecule is [B].[Ca+2].[H-].[H-].[SiH4].[Zn]. The van der Waals surface area contributed by atoms with Crippen LogP contribution in [0.25, 0.3) is 0 Å². The van der Waals surface area contributed by atoms with Gasteiger partial charge in [-0.3, -0.25) is 0 Å². The summed E-state index contributed by atoms with van der Waals surface area (Å²) in [6.45, 7) is 0. The summed E-state index contributed by atoms with van der Waals surface area (Å²) in [6.07, 6.45) is 0. The zero-order valence-electron chi connectivity index (χ0n) is 3.99. The van der Waals surface area contributed by atoms with E-state index in [9.17, 15) is 0 Å². The number of hydrogen-bond acceptors (Lipinski definition) is 0. The van der Waals surface area contributed by atoms with E-state index in [1.165, 1.54) is 0 Å². The van der Waals surface area contributed by atoms with Gasteiger partial charge in [-0.1, -0.05) is 0 Å². The minimum Gasteiger partial charge on any atom is -1.00 e. The van der Waals surface area contributed by atoms with E-state index in [1.807, 2.05) is 0 Å². The van der Waals surface area contributed by atoms with Gasteiger partial charge >= 0.3 is 37.7 Å². The Kier molecular flexibility index (Phi) is 168. The normalized spacial score (nSPS) is 0. The van der Waals surface area contributed by atoms with Gasteiger partial charge in [0.05, 0.1) is 0 Å². The van der Waals surface area contributed by atoms with Gasteiger partial charge in [-0.25, -0.2) is 0 Å². The van der Waals surface area contributed by atoms with E-state index in [4.69, 9.17) is 0 Å². The van der Waals surface area contributed by atoms with Crippen molar-refractivity contribution in [2.75, 3.05) is 0 Å². The molecular formula is H6BCaSiZn. The summed E-state index contributed by atoms with van der Waals surface area (Å²) in [5.74, 6) is 0. The summed E-state index contributed by atoms with van der Waals surface area (Å²) in [4.78, 5) is 0. The molecule has 17 valence electrons. The van der Waals surface area contributed by atoms with E-state index in [0.717, 1.165) is 0 Å². The molecule has 0 aromatic carbocycles. The van der Waals surface area contributed by atoms with E-state index in [1.54, 1.807) is 0 Å². The molecule has 0 saturated heterocycles. The van der Waals surface area contributed by atoms with Gasteiger partial charge in [0.15, 0.2) is 0 Å². The predicted molar refractivity (Wildman–Crippen MR) is 25.1 cm³/mol. The molecule has 0 N–H and O–H groups in total. The molecule has 3 radical (unpaired) electrons. The third-order valence-electron chi connectivity index (χ3n) is 0. The third-order valence-corrected chi connectivity index (χ3v) is 0. The largest absolute Gasteiger partial charge is 2.00 e. The Morgan fingerprint density at radius 3 is 1.25 bits per heavy atom. The standard InChI is InChI=1S/B.Ca.H4Si.Zn.2H/h;;1H4;;;/q;+2;;;2*-1. The first-order chi connectivity index (χ1) is 0. The Hall–Kier alpha value is 2.16. The minimum atomic E-state index is 0. The molecule has 0 aliphatic rings. The second-order valence-corrected chi connectivity index (χ2v) is 0. The van der Waals surface area contributed by atoms with Gasteiger partial charge in [0, 0.05) is 27.9 Å². The fourth-order valence-electron chi connectivity index (χ4n) is 0. The summed E-state index contributed by atoms with van der Waals surface area (Å²) in [5.41, 5.74) is 0. The Morgan fingerprint density at radius 2 is 1.25 bits per heavy atom. The van der Waals surface area contributed by atoms with E-state index >= 15 is 0 Å². The van der Waals surface area contributed by atoms with Crippen LogP contribution in [0.5, 0.6) is 0 Å². The summed E-state index contributed by atoms with van der Waals surface area (Å²) in [6, 6.07) is 0. The second-order valence-electron chi connectivity index (χ2n) is 0. The predicted octanol–water partition coefficient (Wildman–Crippen LogP) is -1.99. The van der Waals surface area contributed by atoms with Crippen LogP contribution in [-0.2, 0) is 19.5 Å². The van der Waals surface area contributed by atoms with Crippen molar-refractivity contribution in [3.63, 3.8) is 0 Å². The van der Waals surface area contributed by atoms with Crippen LogP contribution in [0.1, 0.15) is 2.85 Å². The molecule has 0 aromatic rings. The fourth-order valence-corrected chi connectivity index (χ4v) is 0. The van der Waals surface area contributed by atoms with Crippen LogP contribution >= 0.6 is 0 Å². The van der Waals surface area contributed by atoms with E-state index in [0.29, 0.717) is 0 Å². The molecule has 0 nitrogen and oxygen atoms in total. The maximum atomic E-state index is 0. The topological polar surface area (TPSA) is 0 Å². The third kappa shape index (κ3) is 8.90. The first-order valence-corrected chi connectivity index (χ1v) is 0. The maximum absolute atomic E-state index is 0. The smallest absolute Gasteiger partial charge is 1.00 e. The van der Waals surface area contributed by atoms with Crippen molar-refractivity contribution in [1.82, 2.24) is 0 Å². The van der Waals surface area contributed by atoms with Gasteiger partial charge in [0.2, 0.25) is 0 Å². The van der Waals surface area contributed by atoms with Crippen molar-refractivity contribution in [3.05, 3.63) is 0 Å². The molecule has 0 rings (SSSR count). The van der Waals surface area contributed by atoms with Crippen LogP contribution < -0.4 is 0 Å². The molecule has 0 saturated carbocycles. The molecule has 0 atom stereocenters. The Morgan fingerprint density at radius 1 is 1.25 bits per heavy atom. The molecule has 0 fully saturated rings. The van der Waals surface area contributed by atoms with Crippen LogP contribution in [-0.4, -0.2) is 57.1 Å². The molecule has 0 unspecified atom stereocenters. The average molecular weight is 150 g/mol. The Balaban J connectivity index is 0. The Bertz CT molecular complexity index is 13.5. The van der Waals surface area contributed by atoms with Crippen LogP contribution in [0.15, 0.2) is 0 Å². The molecule has 4 heavy (non-hydrogen) atoms. The molecule has 0 aromatic heterocycles. The zero-order chi connectivity index (χ0) is 0. The molecule has 4 heteroatoms. The quantitative estimate of drug-likeness (QED) is 0.351. The van der Waals surface area contributed by atoms with Crippen LogP contribution in [0.4, 0.5) is 0 Å². The first kappa shape index (κ1) is 35.1. The summed E-state index contributed by atoms with van der Waals surface area (Å²) in [7, 11) is 0. The van der Waals surface area contributed by atoms with Gasteiger partial charge < -0.3 is 2.85 Å². The van der Waals surface area contributed by atoms with Crippen molar-refractivity contribution in [2.24, 2.45) is 0 Å². The molecule has 0 amide bonds. The van der Waals surface area contributed by atoms with Gasteiger partial charge in [0.25, 0.3) is 0 Å². The average Bonchev–Trinajstić information content (AvgIpc) is 0. The number of hydrogen-bond donors (Lipinski definition) is 0. The monoisotopic (exact) mass is 149 g/mol. The van der Waals surface area contributed by atoms with Crippen molar-refractivity contribution < 1.29 is 22.3 Å². The van der Waals surface area contributed by atoms with Crippen LogP contribution in [0, 0.1) is 0 Å². The van der Waals surface area contributed by atoms with Crippen molar-refractivity contribution in [3.8, 4) is 0 Å². The summed E-state index contributed by atoms with van der Waals surface area (Å²) >= 11 is 0. The van der Waals surface area contributed by atoms with Crippen molar-refractivity contribution in [2.45, 2.75) is 0 Å². The second kappa shape index (κ2) is 19.1. The van der Waals surface area contributed by atoms with Crippen molar-refractivity contribution >= 4 is 57.1 Å². The zero-order valence-corrected chi connectivity index (χ0v) is 7.17. The minimum absolute atomic E-state index is 0. The molecule has 0 aliphatic carbocycles. The number of rotatable bonds is 0. The molecular weight excluding hydrogens is 144 g/mol. The van der Waals surface area contributed by atoms with Gasteiger partial charge in [0.1, 0.15) is 0 Å². The van der Waals surface area contributed by atoms with Crippen LogP contribution in [0.3, 0.4) is 0 Å². The van der Waals surface area contributed by atoms with Gasteiger partial charge in [-0.2, -0.15) is 0 Å². The Labute approximate surface area is 78.4 Å². The first-order valence-electron chi connectivity index (χ1n) is 0. The molecule has 0 aliphatic heterocycles. The van der Waals surface area contributed by atoms with Gasteiger partial charge in [-0.05, 0) is 11.0 Å². The van der Waals surface area contributed by atoms with Gasteiger partial charge in [-0.15, -0.1) is 0 Å². The van der Waals surface area contributed by atoms with E-state index in [-0.39, 0.29) is 79.4 Å². The van der Waals surface area contributed by atoms with E-state index in [2.05, 4.69) is 0 Å². The maximum Gasteiger partial charge on any atom is 2.00 e.